The maximum Gasteiger partial charge on any atom is 0.305 e. The van der Waals surface area contributed by atoms with E-state index in [0.717, 1.165) is 57.8 Å². The Balaban J connectivity index is 3.42. The lowest BCUT2D eigenvalue weighted by atomic mass is 9.99. The number of nitrogens with two attached hydrogens (primary N) is 5. The van der Waals surface area contributed by atoms with Gasteiger partial charge < -0.3 is 70.8 Å². The summed E-state index contributed by atoms with van der Waals surface area (Å²) in [5.74, 6) is -7.73. The van der Waals surface area contributed by atoms with Gasteiger partial charge in [0.15, 0.2) is 5.96 Å². The van der Waals surface area contributed by atoms with E-state index in [0.29, 0.717) is 50.6 Å². The van der Waals surface area contributed by atoms with E-state index in [4.69, 9.17) is 28.7 Å². The lowest BCUT2D eigenvalue weighted by Crippen LogP contribution is -2.61. The number of carboxylic acid groups (broad SMARTS) is 1. The van der Waals surface area contributed by atoms with Crippen molar-refractivity contribution in [1.82, 2.24) is 31.9 Å². The molecule has 1 rings (SSSR count). The second-order valence-corrected chi connectivity index (χ2v) is 21.7. The number of carboxylic acids is 1. The van der Waals surface area contributed by atoms with E-state index in [1.807, 2.05) is 0 Å². The molecular weight excluding hydrogens is 1020 g/mol. The van der Waals surface area contributed by atoms with Crippen LogP contribution in [0.2, 0.25) is 0 Å². The summed E-state index contributed by atoms with van der Waals surface area (Å²) in [6.45, 7) is 8.12. The van der Waals surface area contributed by atoms with Crippen molar-refractivity contribution >= 4 is 53.3 Å². The minimum atomic E-state index is -1.73. The molecule has 18 N–H and O–H groups in total. The highest BCUT2D eigenvalue weighted by molar-refractivity contribution is 5.98. The van der Waals surface area contributed by atoms with Crippen molar-refractivity contribution in [2.75, 3.05) is 13.1 Å². The van der Waals surface area contributed by atoms with Crippen LogP contribution in [0.15, 0.2) is 29.3 Å². The van der Waals surface area contributed by atoms with Gasteiger partial charge in [0.2, 0.25) is 41.4 Å². The number of phenolic OH excluding ortho intramolecular Hbond substituents is 1. The lowest BCUT2D eigenvalue weighted by Gasteiger charge is -2.29. The number of amides is 7. The second-order valence-electron chi connectivity index (χ2n) is 21.7. The number of unbranched alkanes of at least 4 members (excludes halogenated alkanes) is 19. The normalized spacial score (nSPS) is 13.8. The Bertz CT molecular complexity index is 1990. The number of guanidine groups is 1. The van der Waals surface area contributed by atoms with E-state index in [-0.39, 0.29) is 43.9 Å². The van der Waals surface area contributed by atoms with Crippen LogP contribution < -0.4 is 60.6 Å². The molecule has 22 nitrogen and oxygen atoms in total. The Hall–Kier alpha value is -6.03. The van der Waals surface area contributed by atoms with Crippen molar-refractivity contribution in [3.8, 4) is 5.75 Å². The van der Waals surface area contributed by atoms with Gasteiger partial charge >= 0.3 is 5.97 Å². The fourth-order valence-corrected chi connectivity index (χ4v) is 9.25. The van der Waals surface area contributed by atoms with E-state index >= 15 is 0 Å². The number of nitrogens with one attached hydrogen (secondary N) is 6. The van der Waals surface area contributed by atoms with Crippen molar-refractivity contribution in [2.45, 2.75) is 256 Å². The lowest BCUT2D eigenvalue weighted by molar-refractivity contribution is -0.141. The highest BCUT2D eigenvalue weighted by Crippen LogP contribution is 2.17. The number of hydrogen-bond acceptors (Lipinski definition) is 12. The Morgan fingerprint density at radius 1 is 0.487 bits per heavy atom. The molecule has 0 fully saturated rings. The third-order valence-corrected chi connectivity index (χ3v) is 14.1. The van der Waals surface area contributed by atoms with Crippen LogP contribution >= 0.6 is 0 Å². The van der Waals surface area contributed by atoms with Crippen LogP contribution in [0.25, 0.3) is 0 Å². The summed E-state index contributed by atoms with van der Waals surface area (Å²) >= 11 is 0. The Morgan fingerprint density at radius 3 is 1.34 bits per heavy atom. The molecule has 2 unspecified atom stereocenters. The molecule has 0 aromatic heterocycles. The first-order valence-corrected chi connectivity index (χ1v) is 29.9. The van der Waals surface area contributed by atoms with Gasteiger partial charge in [-0.1, -0.05) is 168 Å². The van der Waals surface area contributed by atoms with E-state index in [9.17, 15) is 48.6 Å². The van der Waals surface area contributed by atoms with Gasteiger partial charge in [0, 0.05) is 13.0 Å². The maximum absolute atomic E-state index is 14.6. The van der Waals surface area contributed by atoms with Crippen LogP contribution in [0, 0.1) is 5.92 Å². The molecule has 1 aromatic rings. The standard InChI is InChI=1S/C58H104N12O10/c1-5-7-9-11-13-15-17-19-21-23-29-44(51(61)74)65-53(76)46(30-24-22-20-18-16-14-12-10-8-6-2)67-55(78)47(38-41-32-34-42(71)35-33-41)69-57(80)50(40(3)4)70-56(79)48(39-49(72)73)68-54(77)45(31-25-26-36-59)66-52(75)43(60)28-27-37-64-58(62)63/h32-35,40,43-48,50,71H,5-31,36-39,59-60H2,1-4H3,(H2,61,74)(H,65,76)(H,66,75)(H,67,78)(H,68,77)(H,69,80)(H,70,79)(H,72,73)(H4,62,63,64)/t43-,44?,45-,46?,47-,48-,50-/m0/s1. The number of phenols is 1. The van der Waals surface area contributed by atoms with Crippen LogP contribution in [-0.2, 0) is 44.8 Å². The van der Waals surface area contributed by atoms with Gasteiger partial charge in [-0.15, -0.1) is 0 Å². The maximum atomic E-state index is 14.6. The summed E-state index contributed by atoms with van der Waals surface area (Å²) in [5.41, 5.74) is 28.9. The average molecular weight is 1130 g/mol. The molecule has 0 saturated carbocycles. The summed E-state index contributed by atoms with van der Waals surface area (Å²) in [6, 6.07) is -2.91. The molecule has 0 bridgehead atoms. The van der Waals surface area contributed by atoms with Gasteiger partial charge in [-0.3, -0.25) is 43.3 Å². The summed E-state index contributed by atoms with van der Waals surface area (Å²) in [4.78, 5) is 113. The van der Waals surface area contributed by atoms with E-state index in [1.54, 1.807) is 26.0 Å². The number of rotatable bonds is 48. The fraction of sp³-hybridized carbons (Fsp3) is 0.741. The molecule has 22 heteroatoms. The van der Waals surface area contributed by atoms with Gasteiger partial charge in [0.05, 0.1) is 12.5 Å². The summed E-state index contributed by atoms with van der Waals surface area (Å²) < 4.78 is 0. The van der Waals surface area contributed by atoms with E-state index in [2.05, 4.69) is 50.7 Å². The minimum absolute atomic E-state index is 0.0387. The van der Waals surface area contributed by atoms with Gasteiger partial charge in [-0.2, -0.15) is 0 Å². The van der Waals surface area contributed by atoms with E-state index in [1.165, 1.54) is 69.9 Å². The number of carbonyl (C=O) groups is 8. The zero-order valence-corrected chi connectivity index (χ0v) is 48.8. The molecule has 456 valence electrons. The predicted octanol–water partition coefficient (Wildman–Crippen LogP) is 4.59. The van der Waals surface area contributed by atoms with Crippen LogP contribution in [-0.4, -0.2) is 119 Å². The largest absolute Gasteiger partial charge is 0.508 e. The van der Waals surface area contributed by atoms with Crippen molar-refractivity contribution in [1.29, 1.82) is 0 Å². The van der Waals surface area contributed by atoms with Gasteiger partial charge in [-0.25, -0.2) is 0 Å². The van der Waals surface area contributed by atoms with Crippen molar-refractivity contribution in [3.05, 3.63) is 29.8 Å². The molecule has 7 amide bonds. The van der Waals surface area contributed by atoms with Crippen LogP contribution in [0.5, 0.6) is 5.75 Å². The Morgan fingerprint density at radius 2 is 0.887 bits per heavy atom. The molecular formula is C58H104N12O10. The number of benzene rings is 1. The minimum Gasteiger partial charge on any atom is -0.508 e. The molecule has 0 radical (unpaired) electrons. The number of nitrogens with zero attached hydrogens (tertiary/aromatic N) is 1. The average Bonchev–Trinajstić information content (AvgIpc) is 3.41. The Kier molecular flexibility index (Phi) is 39.3. The first kappa shape index (κ1) is 72.0. The quantitative estimate of drug-likeness (QED) is 0.0241. The first-order chi connectivity index (χ1) is 38.2. The number of aliphatic imine (C=N–C) groups is 1. The topological polar surface area (TPSA) is 392 Å². The second kappa shape index (κ2) is 43.7. The zero-order valence-electron chi connectivity index (χ0n) is 48.8. The van der Waals surface area contributed by atoms with Crippen molar-refractivity contribution < 1.29 is 48.6 Å². The van der Waals surface area contributed by atoms with Crippen molar-refractivity contribution in [3.63, 3.8) is 0 Å². The molecule has 0 spiro atoms. The molecule has 0 saturated heterocycles. The smallest absolute Gasteiger partial charge is 0.305 e. The first-order valence-electron chi connectivity index (χ1n) is 29.9. The predicted molar refractivity (Wildman–Crippen MR) is 313 cm³/mol. The van der Waals surface area contributed by atoms with Crippen molar-refractivity contribution in [2.24, 2.45) is 39.6 Å². The van der Waals surface area contributed by atoms with Crippen LogP contribution in [0.3, 0.4) is 0 Å². The SMILES string of the molecule is CCCCCCCCCCCCC(NC(=O)C(CCCCCCCCCCCC)NC(=O)[C@H](Cc1ccc(O)cc1)NC(=O)[C@@H](NC(=O)[C@H](CC(=O)O)NC(=O)[C@H](CCCCN)NC(=O)[C@@H](N)CCCN=C(N)N)C(C)C)C(N)=O. The molecule has 7 atom stereocenters. The monoisotopic (exact) mass is 1130 g/mol. The zero-order chi connectivity index (χ0) is 59.7. The molecule has 1 aromatic carbocycles. The molecule has 0 aliphatic heterocycles. The van der Waals surface area contributed by atoms with E-state index < -0.39 is 102 Å². The third kappa shape index (κ3) is 33.5. The number of hydrogen-bond donors (Lipinski definition) is 13. The highest BCUT2D eigenvalue weighted by Gasteiger charge is 2.35. The fourth-order valence-electron chi connectivity index (χ4n) is 9.25. The number of primary amides is 1. The Labute approximate surface area is 476 Å². The molecule has 80 heavy (non-hydrogen) atoms. The van der Waals surface area contributed by atoms with Crippen LogP contribution in [0.4, 0.5) is 0 Å². The number of carbonyl (C=O) groups excluding carboxylic acids is 7. The van der Waals surface area contributed by atoms with Gasteiger partial charge in [-0.05, 0) is 75.1 Å². The summed E-state index contributed by atoms with van der Waals surface area (Å²) in [6.07, 6.45) is 22.3. The molecule has 0 aliphatic rings. The van der Waals surface area contributed by atoms with Gasteiger partial charge in [0.25, 0.3) is 0 Å². The summed E-state index contributed by atoms with van der Waals surface area (Å²) in [7, 11) is 0. The van der Waals surface area contributed by atoms with Gasteiger partial charge in [0.1, 0.15) is 42.0 Å². The third-order valence-electron chi connectivity index (χ3n) is 14.1. The number of aromatic hydroxyl groups is 1. The number of aliphatic carboxylic acids is 1. The summed E-state index contributed by atoms with van der Waals surface area (Å²) in [5, 5.41) is 35.9. The highest BCUT2D eigenvalue weighted by atomic mass is 16.4. The molecule has 0 aliphatic carbocycles. The molecule has 0 heterocycles. The van der Waals surface area contributed by atoms with Crippen LogP contribution in [0.1, 0.15) is 213 Å².